The van der Waals surface area contributed by atoms with Gasteiger partial charge in [0, 0.05) is 61.3 Å². The Bertz CT molecular complexity index is 1370. The average molecular weight is 561 g/mol. The number of amides is 2. The summed E-state index contributed by atoms with van der Waals surface area (Å²) in [6.07, 6.45) is 2.97. The van der Waals surface area contributed by atoms with E-state index >= 15 is 0 Å². The van der Waals surface area contributed by atoms with E-state index in [0.717, 1.165) is 31.9 Å². The predicted molar refractivity (Wildman–Crippen MR) is 161 cm³/mol. The van der Waals surface area contributed by atoms with Crippen LogP contribution in [0.1, 0.15) is 15.9 Å². The Kier molecular flexibility index (Phi) is 9.70. The van der Waals surface area contributed by atoms with Crippen molar-refractivity contribution in [2.75, 3.05) is 77.2 Å². The third-order valence-electron chi connectivity index (χ3n) is 6.87. The second-order valence-electron chi connectivity index (χ2n) is 9.47. The number of likely N-dealkylation sites (N-methyl/N-ethyl adjacent to an activating group) is 1. The molecule has 0 aromatic heterocycles. The molecule has 1 heterocycles. The maximum atomic E-state index is 13.1. The van der Waals surface area contributed by atoms with Gasteiger partial charge in [-0.2, -0.15) is 0 Å². The zero-order chi connectivity index (χ0) is 29.4. The lowest BCUT2D eigenvalue weighted by Gasteiger charge is -2.34. The summed E-state index contributed by atoms with van der Waals surface area (Å²) in [6, 6.07) is 16.0. The maximum absolute atomic E-state index is 13.1. The van der Waals surface area contributed by atoms with Crippen LogP contribution < -0.4 is 34.5 Å². The first-order valence-electron chi connectivity index (χ1n) is 13.2. The van der Waals surface area contributed by atoms with Gasteiger partial charge < -0.3 is 39.4 Å². The van der Waals surface area contributed by atoms with Gasteiger partial charge in [-0.05, 0) is 55.6 Å². The molecule has 2 amide bonds. The molecule has 0 radical (unpaired) electrons. The van der Waals surface area contributed by atoms with Crippen LogP contribution in [0.3, 0.4) is 0 Å². The van der Waals surface area contributed by atoms with Crippen LogP contribution in [-0.2, 0) is 4.79 Å². The Morgan fingerprint density at radius 2 is 1.39 bits per heavy atom. The Morgan fingerprint density at radius 1 is 0.756 bits per heavy atom. The summed E-state index contributed by atoms with van der Waals surface area (Å²) < 4.78 is 21.6. The first kappa shape index (κ1) is 29.3. The molecule has 216 valence electrons. The SMILES string of the molecule is COc1cc(OC)c(C=CC(=O)Nc2ccc(OC)c(NC(=O)c3ccc(N4CCN(C)CC4)cc3)c2)c(OC)c1. The van der Waals surface area contributed by atoms with Gasteiger partial charge in [0.25, 0.3) is 5.91 Å². The highest BCUT2D eigenvalue weighted by Gasteiger charge is 2.16. The molecule has 1 fully saturated rings. The summed E-state index contributed by atoms with van der Waals surface area (Å²) in [7, 11) is 8.25. The molecule has 0 spiro atoms. The molecule has 41 heavy (non-hydrogen) atoms. The Balaban J connectivity index is 1.45. The molecule has 10 heteroatoms. The van der Waals surface area contributed by atoms with E-state index in [1.165, 1.54) is 27.4 Å². The molecule has 0 aliphatic carbocycles. The van der Waals surface area contributed by atoms with E-state index in [-0.39, 0.29) is 11.8 Å². The second-order valence-corrected chi connectivity index (χ2v) is 9.47. The van der Waals surface area contributed by atoms with Crippen LogP contribution in [0.25, 0.3) is 6.08 Å². The average Bonchev–Trinajstić information content (AvgIpc) is 3.00. The van der Waals surface area contributed by atoms with E-state index in [4.69, 9.17) is 18.9 Å². The van der Waals surface area contributed by atoms with Gasteiger partial charge in [0.15, 0.2) is 0 Å². The second kappa shape index (κ2) is 13.6. The number of rotatable bonds is 10. The highest BCUT2D eigenvalue weighted by molar-refractivity contribution is 6.06. The largest absolute Gasteiger partial charge is 0.496 e. The molecule has 1 aliphatic rings. The Morgan fingerprint density at radius 3 is 1.98 bits per heavy atom. The summed E-state index contributed by atoms with van der Waals surface area (Å²) in [5.41, 5.74) is 3.11. The van der Waals surface area contributed by atoms with Gasteiger partial charge in [0.1, 0.15) is 23.0 Å². The van der Waals surface area contributed by atoms with Crippen molar-refractivity contribution in [3.63, 3.8) is 0 Å². The van der Waals surface area contributed by atoms with Gasteiger partial charge in [-0.15, -0.1) is 0 Å². The lowest BCUT2D eigenvalue weighted by Crippen LogP contribution is -2.44. The zero-order valence-electron chi connectivity index (χ0n) is 24.0. The third-order valence-corrected chi connectivity index (χ3v) is 6.87. The predicted octanol–water partition coefficient (Wildman–Crippen LogP) is 4.38. The first-order valence-corrected chi connectivity index (χ1v) is 13.2. The van der Waals surface area contributed by atoms with Crippen molar-refractivity contribution < 1.29 is 28.5 Å². The molecule has 0 bridgehead atoms. The first-order chi connectivity index (χ1) is 19.8. The summed E-state index contributed by atoms with van der Waals surface area (Å²) in [5.74, 6) is 1.36. The minimum absolute atomic E-state index is 0.282. The van der Waals surface area contributed by atoms with Crippen molar-refractivity contribution in [3.8, 4) is 23.0 Å². The quantitative estimate of drug-likeness (QED) is 0.353. The van der Waals surface area contributed by atoms with Gasteiger partial charge in [-0.3, -0.25) is 9.59 Å². The Hall–Kier alpha value is -4.70. The summed E-state index contributed by atoms with van der Waals surface area (Å²) in [5, 5.41) is 5.71. The van der Waals surface area contributed by atoms with E-state index in [9.17, 15) is 9.59 Å². The van der Waals surface area contributed by atoms with Crippen molar-refractivity contribution >= 4 is 35.0 Å². The molecule has 1 saturated heterocycles. The number of carbonyl (C=O) groups is 2. The fourth-order valence-electron chi connectivity index (χ4n) is 4.51. The zero-order valence-corrected chi connectivity index (χ0v) is 24.0. The van der Waals surface area contributed by atoms with Gasteiger partial charge >= 0.3 is 0 Å². The van der Waals surface area contributed by atoms with Crippen LogP contribution in [0.5, 0.6) is 23.0 Å². The number of methoxy groups -OCH3 is 4. The van der Waals surface area contributed by atoms with E-state index in [2.05, 4.69) is 27.5 Å². The molecular weight excluding hydrogens is 524 g/mol. The van der Waals surface area contributed by atoms with Crippen molar-refractivity contribution in [3.05, 3.63) is 71.8 Å². The third kappa shape index (κ3) is 7.29. The number of hydrogen-bond acceptors (Lipinski definition) is 8. The summed E-state index contributed by atoms with van der Waals surface area (Å²) >= 11 is 0. The van der Waals surface area contributed by atoms with Gasteiger partial charge in [0.2, 0.25) is 5.91 Å². The smallest absolute Gasteiger partial charge is 0.255 e. The van der Waals surface area contributed by atoms with Crippen molar-refractivity contribution in [2.45, 2.75) is 0 Å². The highest BCUT2D eigenvalue weighted by Crippen LogP contribution is 2.35. The highest BCUT2D eigenvalue weighted by atomic mass is 16.5. The number of anilines is 3. The lowest BCUT2D eigenvalue weighted by atomic mass is 10.1. The van der Waals surface area contributed by atoms with Gasteiger partial charge in [-0.25, -0.2) is 0 Å². The number of piperazine rings is 1. The molecule has 0 saturated carbocycles. The Labute approximate surface area is 240 Å². The van der Waals surface area contributed by atoms with Crippen LogP contribution >= 0.6 is 0 Å². The lowest BCUT2D eigenvalue weighted by molar-refractivity contribution is -0.111. The standard InChI is InChI=1S/C31H36N4O6/c1-34-14-16-35(17-15-34)23-9-6-21(7-10-23)31(37)33-26-18-22(8-12-27(26)39-3)32-30(36)13-11-25-28(40-4)19-24(38-2)20-29(25)41-5/h6-13,18-20H,14-17H2,1-5H3,(H,32,36)(H,33,37). The number of nitrogens with zero attached hydrogens (tertiary/aromatic N) is 2. The molecule has 0 atom stereocenters. The monoisotopic (exact) mass is 560 g/mol. The van der Waals surface area contributed by atoms with Crippen LogP contribution in [0.15, 0.2) is 60.7 Å². The van der Waals surface area contributed by atoms with Crippen LogP contribution in [0, 0.1) is 0 Å². The normalized spacial score (nSPS) is 13.5. The van der Waals surface area contributed by atoms with E-state index in [1.807, 2.05) is 24.3 Å². The maximum Gasteiger partial charge on any atom is 0.255 e. The molecule has 1 aliphatic heterocycles. The minimum atomic E-state index is -0.383. The molecule has 4 rings (SSSR count). The number of ether oxygens (including phenoxy) is 4. The number of nitrogens with one attached hydrogen (secondary N) is 2. The molecule has 3 aromatic rings. The van der Waals surface area contributed by atoms with E-state index in [1.54, 1.807) is 43.5 Å². The molecule has 0 unspecified atom stereocenters. The summed E-state index contributed by atoms with van der Waals surface area (Å²) in [4.78, 5) is 30.4. The fraction of sp³-hybridized carbons (Fsp3) is 0.290. The van der Waals surface area contributed by atoms with E-state index in [0.29, 0.717) is 45.5 Å². The van der Waals surface area contributed by atoms with E-state index < -0.39 is 0 Å². The van der Waals surface area contributed by atoms with Gasteiger partial charge in [0.05, 0.1) is 39.7 Å². The van der Waals surface area contributed by atoms with Crippen LogP contribution in [0.4, 0.5) is 17.1 Å². The topological polar surface area (TPSA) is 102 Å². The number of hydrogen-bond donors (Lipinski definition) is 2. The summed E-state index contributed by atoms with van der Waals surface area (Å²) in [6.45, 7) is 3.92. The molecular formula is C31H36N4O6. The van der Waals surface area contributed by atoms with Gasteiger partial charge in [-0.1, -0.05) is 0 Å². The van der Waals surface area contributed by atoms with Crippen molar-refractivity contribution in [1.29, 1.82) is 0 Å². The van der Waals surface area contributed by atoms with Crippen molar-refractivity contribution in [2.24, 2.45) is 0 Å². The molecule has 2 N–H and O–H groups in total. The van der Waals surface area contributed by atoms with Crippen LogP contribution in [0.2, 0.25) is 0 Å². The molecule has 3 aromatic carbocycles. The van der Waals surface area contributed by atoms with Crippen molar-refractivity contribution in [1.82, 2.24) is 4.90 Å². The van der Waals surface area contributed by atoms with Crippen LogP contribution in [-0.4, -0.2) is 78.4 Å². The fourth-order valence-corrected chi connectivity index (χ4v) is 4.51. The number of carbonyl (C=O) groups excluding carboxylic acids is 2. The molecule has 10 nitrogen and oxygen atoms in total. The number of benzene rings is 3. The minimum Gasteiger partial charge on any atom is -0.496 e.